The number of anilines is 1. The molecule has 0 unspecified atom stereocenters. The molecule has 2 N–H and O–H groups in total. The molecule has 0 spiro atoms. The molecule has 2 aromatic rings. The van der Waals surface area contributed by atoms with Crippen LogP contribution in [0.25, 0.3) is 0 Å². The molecule has 0 saturated heterocycles. The quantitative estimate of drug-likeness (QED) is 0.771. The van der Waals surface area contributed by atoms with E-state index in [2.05, 4.69) is 20.1 Å². The lowest BCUT2D eigenvalue weighted by Gasteiger charge is -2.06. The van der Waals surface area contributed by atoms with Gasteiger partial charge in [0.05, 0.1) is 7.11 Å². The highest BCUT2D eigenvalue weighted by atomic mass is 32.2. The zero-order valence-electron chi connectivity index (χ0n) is 8.78. The van der Waals surface area contributed by atoms with Crippen LogP contribution in [0.2, 0.25) is 0 Å². The van der Waals surface area contributed by atoms with E-state index in [0.29, 0.717) is 21.7 Å². The van der Waals surface area contributed by atoms with Crippen LogP contribution in [0.5, 0.6) is 5.88 Å². The van der Waals surface area contributed by atoms with Crippen LogP contribution in [0, 0.1) is 0 Å². The fourth-order valence-corrected chi connectivity index (χ4v) is 1.82. The summed E-state index contributed by atoms with van der Waals surface area (Å²) in [6.45, 7) is 0. The Hall–Kier alpha value is -1.83. The van der Waals surface area contributed by atoms with Crippen molar-refractivity contribution in [2.75, 3.05) is 12.8 Å². The molecule has 8 heteroatoms. The Balaban J connectivity index is 2.32. The van der Waals surface area contributed by atoms with Gasteiger partial charge in [-0.15, -0.1) is 0 Å². The smallest absolute Gasteiger partial charge is 0.241 e. The molecule has 0 atom stereocenters. The van der Waals surface area contributed by atoms with Gasteiger partial charge in [0.1, 0.15) is 23.4 Å². The number of ether oxygens (including phenoxy) is 1. The molecule has 0 aliphatic carbocycles. The summed E-state index contributed by atoms with van der Waals surface area (Å²) in [4.78, 5) is 12.0. The Morgan fingerprint density at radius 2 is 2.12 bits per heavy atom. The fraction of sp³-hybridized carbons (Fsp3) is 0.250. The first-order valence-corrected chi connectivity index (χ1v) is 5.20. The number of aryl methyl sites for hydroxylation is 1. The highest BCUT2D eigenvalue weighted by Crippen LogP contribution is 2.32. The van der Waals surface area contributed by atoms with Crippen LogP contribution >= 0.6 is 11.8 Å². The molecule has 0 aromatic carbocycles. The van der Waals surface area contributed by atoms with E-state index in [4.69, 9.17) is 10.5 Å². The van der Waals surface area contributed by atoms with Crippen LogP contribution in [0.3, 0.4) is 0 Å². The standard InChI is InChI=1S/C8H10N6OS/c1-14-8(12-4-13-14)16-7-5(9)6(15-2)10-3-11-7/h3-4H,9H2,1-2H3. The second-order valence-electron chi connectivity index (χ2n) is 2.87. The van der Waals surface area contributed by atoms with Crippen molar-refractivity contribution in [3.8, 4) is 5.88 Å². The molecule has 0 bridgehead atoms. The number of methoxy groups -OCH3 is 1. The molecule has 0 amide bonds. The number of nitrogens with two attached hydrogens (primary N) is 1. The predicted molar refractivity (Wildman–Crippen MR) is 58.1 cm³/mol. The van der Waals surface area contributed by atoms with Gasteiger partial charge in [-0.1, -0.05) is 0 Å². The first kappa shape index (κ1) is 10.7. The minimum absolute atomic E-state index is 0.361. The normalized spacial score (nSPS) is 10.4. The van der Waals surface area contributed by atoms with Crippen LogP contribution in [0.15, 0.2) is 22.8 Å². The largest absolute Gasteiger partial charge is 0.479 e. The third kappa shape index (κ3) is 1.91. The topological polar surface area (TPSA) is 91.7 Å². The molecule has 0 aliphatic heterocycles. The number of nitrogens with zero attached hydrogens (tertiary/aromatic N) is 5. The number of rotatable bonds is 3. The van der Waals surface area contributed by atoms with Crippen molar-refractivity contribution in [3.63, 3.8) is 0 Å². The SMILES string of the molecule is COc1ncnc(Sc2ncnn2C)c1N. The molecule has 16 heavy (non-hydrogen) atoms. The third-order valence-electron chi connectivity index (χ3n) is 1.86. The highest BCUT2D eigenvalue weighted by molar-refractivity contribution is 7.99. The van der Waals surface area contributed by atoms with Gasteiger partial charge >= 0.3 is 0 Å². The summed E-state index contributed by atoms with van der Waals surface area (Å²) in [6, 6.07) is 0. The highest BCUT2D eigenvalue weighted by Gasteiger charge is 2.12. The van der Waals surface area contributed by atoms with Gasteiger partial charge in [-0.05, 0) is 11.8 Å². The van der Waals surface area contributed by atoms with Gasteiger partial charge in [-0.2, -0.15) is 10.1 Å². The van der Waals surface area contributed by atoms with Crippen molar-refractivity contribution in [2.24, 2.45) is 7.05 Å². The zero-order valence-corrected chi connectivity index (χ0v) is 9.60. The molecule has 2 rings (SSSR count). The first-order valence-electron chi connectivity index (χ1n) is 4.38. The number of nitrogen functional groups attached to an aromatic ring is 1. The summed E-state index contributed by atoms with van der Waals surface area (Å²) in [5, 5.41) is 5.26. The zero-order chi connectivity index (χ0) is 11.5. The molecular weight excluding hydrogens is 228 g/mol. The monoisotopic (exact) mass is 238 g/mol. The minimum atomic E-state index is 0.361. The van der Waals surface area contributed by atoms with Crippen molar-refractivity contribution in [2.45, 2.75) is 10.2 Å². The van der Waals surface area contributed by atoms with Gasteiger partial charge in [0.15, 0.2) is 5.16 Å². The van der Waals surface area contributed by atoms with E-state index in [1.807, 2.05) is 0 Å². The molecule has 7 nitrogen and oxygen atoms in total. The van der Waals surface area contributed by atoms with E-state index in [-0.39, 0.29) is 0 Å². The Labute approximate surface area is 96.1 Å². The van der Waals surface area contributed by atoms with Crippen molar-refractivity contribution in [1.82, 2.24) is 24.7 Å². The Bertz CT molecular complexity index is 499. The number of hydrogen-bond acceptors (Lipinski definition) is 7. The average molecular weight is 238 g/mol. The number of aromatic nitrogens is 5. The van der Waals surface area contributed by atoms with Crippen molar-refractivity contribution in [3.05, 3.63) is 12.7 Å². The van der Waals surface area contributed by atoms with Crippen LogP contribution in [-0.4, -0.2) is 31.8 Å². The van der Waals surface area contributed by atoms with E-state index >= 15 is 0 Å². The average Bonchev–Trinajstić information content (AvgIpc) is 2.68. The van der Waals surface area contributed by atoms with Gasteiger partial charge in [0, 0.05) is 7.05 Å². The fourth-order valence-electron chi connectivity index (χ4n) is 1.07. The molecule has 84 valence electrons. The molecular formula is C8H10N6OS. The van der Waals surface area contributed by atoms with E-state index in [1.54, 1.807) is 11.7 Å². The summed E-state index contributed by atoms with van der Waals surface area (Å²) in [6.07, 6.45) is 2.87. The third-order valence-corrected chi connectivity index (χ3v) is 2.93. The van der Waals surface area contributed by atoms with E-state index in [9.17, 15) is 0 Å². The lowest BCUT2D eigenvalue weighted by molar-refractivity contribution is 0.397. The van der Waals surface area contributed by atoms with Crippen LogP contribution in [-0.2, 0) is 7.05 Å². The van der Waals surface area contributed by atoms with Gasteiger partial charge in [0.2, 0.25) is 5.88 Å². The Morgan fingerprint density at radius 3 is 2.75 bits per heavy atom. The molecule has 2 aromatic heterocycles. The Kier molecular flexibility index (Phi) is 2.91. The van der Waals surface area contributed by atoms with Crippen LogP contribution in [0.4, 0.5) is 5.69 Å². The maximum absolute atomic E-state index is 5.83. The molecule has 2 heterocycles. The van der Waals surface area contributed by atoms with E-state index in [0.717, 1.165) is 0 Å². The van der Waals surface area contributed by atoms with Gasteiger partial charge in [-0.25, -0.2) is 14.6 Å². The van der Waals surface area contributed by atoms with Gasteiger partial charge < -0.3 is 10.5 Å². The van der Waals surface area contributed by atoms with Crippen LogP contribution < -0.4 is 10.5 Å². The van der Waals surface area contributed by atoms with E-state index in [1.165, 1.54) is 31.5 Å². The van der Waals surface area contributed by atoms with Crippen molar-refractivity contribution in [1.29, 1.82) is 0 Å². The summed E-state index contributed by atoms with van der Waals surface area (Å²) >= 11 is 1.31. The maximum Gasteiger partial charge on any atom is 0.241 e. The maximum atomic E-state index is 5.83. The first-order chi connectivity index (χ1) is 7.72. The number of hydrogen-bond donors (Lipinski definition) is 1. The summed E-state index contributed by atoms with van der Waals surface area (Å²) < 4.78 is 6.64. The summed E-state index contributed by atoms with van der Waals surface area (Å²) in [5.41, 5.74) is 6.23. The summed E-state index contributed by atoms with van der Waals surface area (Å²) in [7, 11) is 3.30. The Morgan fingerprint density at radius 1 is 1.31 bits per heavy atom. The van der Waals surface area contributed by atoms with Crippen LogP contribution in [0.1, 0.15) is 0 Å². The van der Waals surface area contributed by atoms with Crippen molar-refractivity contribution >= 4 is 17.4 Å². The second kappa shape index (κ2) is 4.35. The molecule has 0 aliphatic rings. The molecule has 0 saturated carbocycles. The minimum Gasteiger partial charge on any atom is -0.479 e. The lowest BCUT2D eigenvalue weighted by atomic mass is 10.5. The van der Waals surface area contributed by atoms with E-state index < -0.39 is 0 Å². The summed E-state index contributed by atoms with van der Waals surface area (Å²) in [5.74, 6) is 0.361. The molecule has 0 fully saturated rings. The van der Waals surface area contributed by atoms with Gasteiger partial charge in [0.25, 0.3) is 0 Å². The predicted octanol–water partition coefficient (Wildman–Crippen LogP) is 0.347. The lowest BCUT2D eigenvalue weighted by Crippen LogP contribution is -2.00. The van der Waals surface area contributed by atoms with Crippen molar-refractivity contribution < 1.29 is 4.74 Å². The van der Waals surface area contributed by atoms with Gasteiger partial charge in [-0.3, -0.25) is 0 Å². The molecule has 0 radical (unpaired) electrons. The second-order valence-corrected chi connectivity index (χ2v) is 3.83.